The fourth-order valence-corrected chi connectivity index (χ4v) is 3.11. The van der Waals surface area contributed by atoms with Gasteiger partial charge in [-0.1, -0.05) is 26.8 Å². The fraction of sp³-hybridized carbons (Fsp3) is 0.667. The molecule has 1 aliphatic rings. The highest BCUT2D eigenvalue weighted by molar-refractivity contribution is 5.42. The highest BCUT2D eigenvalue weighted by Gasteiger charge is 2.35. The monoisotopic (exact) mass is 291 g/mol. The average Bonchev–Trinajstić information content (AvgIpc) is 2.41. The third-order valence-corrected chi connectivity index (χ3v) is 4.67. The molecule has 0 aliphatic heterocycles. The first kappa shape index (κ1) is 16.2. The summed E-state index contributed by atoms with van der Waals surface area (Å²) in [7, 11) is 1.68. The highest BCUT2D eigenvalue weighted by Crippen LogP contribution is 2.39. The van der Waals surface area contributed by atoms with Crippen molar-refractivity contribution in [3.63, 3.8) is 0 Å². The third kappa shape index (κ3) is 3.91. The maximum Gasteiger partial charge on any atom is 0.161 e. The van der Waals surface area contributed by atoms with Gasteiger partial charge in [0.05, 0.1) is 7.11 Å². The van der Waals surface area contributed by atoms with Crippen LogP contribution in [0.3, 0.4) is 0 Å². The van der Waals surface area contributed by atoms with Crippen LogP contribution in [0.15, 0.2) is 18.2 Å². The minimum absolute atomic E-state index is 0.0691. The molecule has 1 saturated carbocycles. The lowest BCUT2D eigenvalue weighted by Crippen LogP contribution is -2.46. The first-order valence-corrected chi connectivity index (χ1v) is 7.88. The van der Waals surface area contributed by atoms with Gasteiger partial charge in [-0.2, -0.15) is 0 Å². The second-order valence-electron chi connectivity index (χ2n) is 7.35. The van der Waals surface area contributed by atoms with Crippen molar-refractivity contribution in [1.29, 1.82) is 0 Å². The first-order chi connectivity index (χ1) is 9.81. The van der Waals surface area contributed by atoms with Crippen molar-refractivity contribution < 1.29 is 9.47 Å². The Labute approximate surface area is 128 Å². The summed E-state index contributed by atoms with van der Waals surface area (Å²) in [5.74, 6) is 2.25. The number of ether oxygens (including phenoxy) is 2. The lowest BCUT2D eigenvalue weighted by atomic mass is 9.70. The minimum atomic E-state index is 0.0691. The van der Waals surface area contributed by atoms with Crippen molar-refractivity contribution in [3.05, 3.63) is 23.8 Å². The molecule has 1 aromatic rings. The second kappa shape index (κ2) is 6.27. The molecule has 0 spiro atoms. The van der Waals surface area contributed by atoms with Gasteiger partial charge < -0.3 is 15.2 Å². The SMILES string of the molecule is COc1cc(C)ccc1OC1CC(C(C)(C)C)CCC1N. The van der Waals surface area contributed by atoms with Crippen LogP contribution in [0.2, 0.25) is 0 Å². The summed E-state index contributed by atoms with van der Waals surface area (Å²) in [4.78, 5) is 0. The van der Waals surface area contributed by atoms with Crippen molar-refractivity contribution in [1.82, 2.24) is 0 Å². The lowest BCUT2D eigenvalue weighted by molar-refractivity contribution is 0.0574. The standard InChI is InChI=1S/C18H29NO2/c1-12-6-9-15(17(10-12)20-5)21-16-11-13(18(2,3)4)7-8-14(16)19/h6,9-10,13-14,16H,7-8,11,19H2,1-5H3. The van der Waals surface area contributed by atoms with Crippen LogP contribution in [0.4, 0.5) is 0 Å². The Kier molecular flexibility index (Phi) is 4.82. The van der Waals surface area contributed by atoms with Crippen molar-refractivity contribution >= 4 is 0 Å². The van der Waals surface area contributed by atoms with Gasteiger partial charge in [0.1, 0.15) is 6.10 Å². The summed E-state index contributed by atoms with van der Waals surface area (Å²) in [5, 5.41) is 0. The third-order valence-electron chi connectivity index (χ3n) is 4.67. The minimum Gasteiger partial charge on any atom is -0.493 e. The van der Waals surface area contributed by atoms with Crippen molar-refractivity contribution in [3.8, 4) is 11.5 Å². The van der Waals surface area contributed by atoms with Crippen molar-refractivity contribution in [2.75, 3.05) is 7.11 Å². The maximum atomic E-state index is 6.29. The predicted molar refractivity (Wildman–Crippen MR) is 86.9 cm³/mol. The Bertz CT molecular complexity index is 479. The van der Waals surface area contributed by atoms with Crippen LogP contribution in [0.1, 0.15) is 45.6 Å². The summed E-state index contributed by atoms with van der Waals surface area (Å²) in [6.07, 6.45) is 3.30. The van der Waals surface area contributed by atoms with E-state index in [1.165, 1.54) is 12.0 Å². The topological polar surface area (TPSA) is 44.5 Å². The Balaban J connectivity index is 2.13. The number of benzene rings is 1. The molecule has 2 rings (SSSR count). The van der Waals surface area contributed by atoms with E-state index in [-0.39, 0.29) is 12.1 Å². The zero-order valence-electron chi connectivity index (χ0n) is 14.0. The van der Waals surface area contributed by atoms with Crippen molar-refractivity contribution in [2.24, 2.45) is 17.1 Å². The summed E-state index contributed by atoms with van der Waals surface area (Å²) in [5.41, 5.74) is 7.76. The Hall–Kier alpha value is -1.22. The van der Waals surface area contributed by atoms with E-state index < -0.39 is 0 Å². The van der Waals surface area contributed by atoms with Crippen LogP contribution >= 0.6 is 0 Å². The van der Waals surface area contributed by atoms with E-state index in [1.807, 2.05) is 25.1 Å². The Morgan fingerprint density at radius 3 is 2.48 bits per heavy atom. The van der Waals surface area contributed by atoms with Crippen LogP contribution in [-0.2, 0) is 0 Å². The van der Waals surface area contributed by atoms with E-state index in [0.29, 0.717) is 11.3 Å². The molecule has 0 bridgehead atoms. The predicted octanol–water partition coefficient (Wildman–Crippen LogP) is 3.92. The van der Waals surface area contributed by atoms with Gasteiger partial charge in [0, 0.05) is 6.04 Å². The van der Waals surface area contributed by atoms with E-state index in [2.05, 4.69) is 20.8 Å². The molecule has 21 heavy (non-hydrogen) atoms. The molecule has 0 radical (unpaired) electrons. The largest absolute Gasteiger partial charge is 0.493 e. The molecule has 0 amide bonds. The van der Waals surface area contributed by atoms with Gasteiger partial charge in [-0.15, -0.1) is 0 Å². The number of hydrogen-bond acceptors (Lipinski definition) is 3. The van der Waals surface area contributed by atoms with Gasteiger partial charge in [-0.3, -0.25) is 0 Å². The maximum absolute atomic E-state index is 6.29. The summed E-state index contributed by atoms with van der Waals surface area (Å²) in [6.45, 7) is 8.96. The molecular weight excluding hydrogens is 262 g/mol. The number of rotatable bonds is 3. The summed E-state index contributed by atoms with van der Waals surface area (Å²) in [6, 6.07) is 6.15. The highest BCUT2D eigenvalue weighted by atomic mass is 16.5. The normalized spacial score (nSPS) is 26.5. The van der Waals surface area contributed by atoms with Gasteiger partial charge in [-0.05, 0) is 55.2 Å². The molecule has 3 atom stereocenters. The molecule has 0 heterocycles. The number of aryl methyl sites for hydroxylation is 1. The van der Waals surface area contributed by atoms with Gasteiger partial charge in [0.25, 0.3) is 0 Å². The molecule has 0 aromatic heterocycles. The molecule has 1 aliphatic carbocycles. The van der Waals surface area contributed by atoms with E-state index in [0.717, 1.165) is 24.3 Å². The first-order valence-electron chi connectivity index (χ1n) is 7.88. The van der Waals surface area contributed by atoms with E-state index >= 15 is 0 Å². The van der Waals surface area contributed by atoms with Crippen LogP contribution in [0.25, 0.3) is 0 Å². The van der Waals surface area contributed by atoms with E-state index in [1.54, 1.807) is 7.11 Å². The van der Waals surface area contributed by atoms with Gasteiger partial charge in [0.15, 0.2) is 11.5 Å². The smallest absolute Gasteiger partial charge is 0.161 e. The Morgan fingerprint density at radius 2 is 1.86 bits per heavy atom. The lowest BCUT2D eigenvalue weighted by Gasteiger charge is -2.40. The number of nitrogens with two attached hydrogens (primary N) is 1. The van der Waals surface area contributed by atoms with E-state index in [9.17, 15) is 0 Å². The molecular formula is C18H29NO2. The van der Waals surface area contributed by atoms with Crippen molar-refractivity contribution in [2.45, 2.75) is 59.1 Å². The number of hydrogen-bond donors (Lipinski definition) is 1. The summed E-state index contributed by atoms with van der Waals surface area (Å²) >= 11 is 0. The molecule has 1 fully saturated rings. The molecule has 3 heteroatoms. The fourth-order valence-electron chi connectivity index (χ4n) is 3.11. The van der Waals surface area contributed by atoms with Crippen LogP contribution in [0.5, 0.6) is 11.5 Å². The molecule has 118 valence electrons. The molecule has 0 saturated heterocycles. The molecule has 3 unspecified atom stereocenters. The second-order valence-corrected chi connectivity index (χ2v) is 7.35. The van der Waals surface area contributed by atoms with Gasteiger partial charge in [-0.25, -0.2) is 0 Å². The molecule has 2 N–H and O–H groups in total. The zero-order valence-corrected chi connectivity index (χ0v) is 14.0. The Morgan fingerprint density at radius 1 is 1.14 bits per heavy atom. The number of methoxy groups -OCH3 is 1. The summed E-state index contributed by atoms with van der Waals surface area (Å²) < 4.78 is 11.7. The van der Waals surface area contributed by atoms with Crippen LogP contribution in [0, 0.1) is 18.3 Å². The molecule has 3 nitrogen and oxygen atoms in total. The van der Waals surface area contributed by atoms with Gasteiger partial charge >= 0.3 is 0 Å². The van der Waals surface area contributed by atoms with E-state index in [4.69, 9.17) is 15.2 Å². The van der Waals surface area contributed by atoms with Gasteiger partial charge in [0.2, 0.25) is 0 Å². The van der Waals surface area contributed by atoms with Crippen LogP contribution < -0.4 is 15.2 Å². The quantitative estimate of drug-likeness (QED) is 0.918. The zero-order chi connectivity index (χ0) is 15.6. The van der Waals surface area contributed by atoms with Crippen LogP contribution in [-0.4, -0.2) is 19.3 Å². The average molecular weight is 291 g/mol. The molecule has 1 aromatic carbocycles.